The summed E-state index contributed by atoms with van der Waals surface area (Å²) in [5, 5.41) is 14.1. The molecule has 1 unspecified atom stereocenters. The molecule has 0 saturated carbocycles. The lowest BCUT2D eigenvalue weighted by Crippen LogP contribution is -2.08. The Bertz CT molecular complexity index is 655. The highest BCUT2D eigenvalue weighted by atomic mass is 32.1. The molecular formula is C14H15FN2O2S. The van der Waals surface area contributed by atoms with Crippen LogP contribution in [0.25, 0.3) is 0 Å². The molecular weight excluding hydrogens is 279 g/mol. The van der Waals surface area contributed by atoms with Gasteiger partial charge in [0.05, 0.1) is 11.0 Å². The van der Waals surface area contributed by atoms with Gasteiger partial charge >= 0.3 is 0 Å². The van der Waals surface area contributed by atoms with Gasteiger partial charge in [-0.1, -0.05) is 0 Å². The van der Waals surface area contributed by atoms with Crippen molar-refractivity contribution >= 4 is 22.7 Å². The highest BCUT2D eigenvalue weighted by Crippen LogP contribution is 2.32. The predicted molar refractivity (Wildman–Crippen MR) is 78.9 cm³/mol. The molecule has 1 heterocycles. The van der Waals surface area contributed by atoms with Gasteiger partial charge in [-0.05, 0) is 44.5 Å². The molecule has 2 rings (SSSR count). The molecule has 0 amide bonds. The third-order valence-corrected chi connectivity index (χ3v) is 4.06. The molecule has 1 N–H and O–H groups in total. The number of hydrogen-bond donors (Lipinski definition) is 1. The van der Waals surface area contributed by atoms with E-state index in [9.17, 15) is 14.5 Å². The first-order chi connectivity index (χ1) is 9.38. The zero-order chi connectivity index (χ0) is 14.9. The summed E-state index contributed by atoms with van der Waals surface area (Å²) in [5.74, 6) is -0.613. The molecule has 1 aromatic carbocycles. The molecule has 6 heteroatoms. The highest BCUT2D eigenvalue weighted by Gasteiger charge is 2.18. The number of halogens is 1. The molecule has 4 nitrogen and oxygen atoms in total. The third-order valence-electron chi connectivity index (χ3n) is 3.07. The van der Waals surface area contributed by atoms with Crippen LogP contribution in [-0.4, -0.2) is 4.92 Å². The minimum absolute atomic E-state index is 0.0795. The molecule has 0 bridgehead atoms. The van der Waals surface area contributed by atoms with Gasteiger partial charge in [0, 0.05) is 15.8 Å². The molecule has 0 saturated heterocycles. The summed E-state index contributed by atoms with van der Waals surface area (Å²) < 4.78 is 13.1. The maximum Gasteiger partial charge on any atom is 0.295 e. The Hall–Kier alpha value is -1.95. The van der Waals surface area contributed by atoms with Crippen molar-refractivity contribution in [3.05, 3.63) is 55.5 Å². The van der Waals surface area contributed by atoms with Crippen LogP contribution >= 0.6 is 11.3 Å². The number of nitrogens with zero attached hydrogens (tertiary/aromatic N) is 1. The van der Waals surface area contributed by atoms with Crippen LogP contribution in [0.2, 0.25) is 0 Å². The zero-order valence-electron chi connectivity index (χ0n) is 11.4. The summed E-state index contributed by atoms with van der Waals surface area (Å²) in [6.45, 7) is 5.97. The Morgan fingerprint density at radius 3 is 2.60 bits per heavy atom. The van der Waals surface area contributed by atoms with Crippen LogP contribution in [0.3, 0.4) is 0 Å². The number of nitro groups is 1. The smallest absolute Gasteiger partial charge is 0.295 e. The average Bonchev–Trinajstić information content (AvgIpc) is 2.70. The number of aryl methyl sites for hydroxylation is 2. The number of nitro benzene ring substituents is 1. The Kier molecular flexibility index (Phi) is 4.04. The van der Waals surface area contributed by atoms with Crippen molar-refractivity contribution in [2.75, 3.05) is 5.32 Å². The average molecular weight is 294 g/mol. The maximum atomic E-state index is 13.1. The lowest BCUT2D eigenvalue weighted by Gasteiger charge is -2.15. The summed E-state index contributed by atoms with van der Waals surface area (Å²) in [6.07, 6.45) is 0. The molecule has 0 radical (unpaired) electrons. The van der Waals surface area contributed by atoms with Crippen LogP contribution in [0.5, 0.6) is 0 Å². The number of rotatable bonds is 4. The fourth-order valence-corrected chi connectivity index (χ4v) is 3.19. The first-order valence-electron chi connectivity index (χ1n) is 6.16. The zero-order valence-corrected chi connectivity index (χ0v) is 12.3. The number of nitrogens with one attached hydrogen (secondary N) is 1. The van der Waals surface area contributed by atoms with Gasteiger partial charge in [-0.15, -0.1) is 11.3 Å². The molecule has 20 heavy (non-hydrogen) atoms. The number of anilines is 1. The van der Waals surface area contributed by atoms with Gasteiger partial charge in [0.1, 0.15) is 11.5 Å². The standard InChI is InChI=1S/C14H15FN2O2S/c1-8-6-12(10(3)20-8)9(2)16-13-5-4-11(15)7-14(13)17(18)19/h4-7,9,16H,1-3H3. The van der Waals surface area contributed by atoms with Gasteiger partial charge in [0.25, 0.3) is 5.69 Å². The quantitative estimate of drug-likeness (QED) is 0.663. The Balaban J connectivity index is 2.30. The Morgan fingerprint density at radius 2 is 2.05 bits per heavy atom. The minimum atomic E-state index is -0.613. The number of benzene rings is 1. The first-order valence-corrected chi connectivity index (χ1v) is 6.97. The van der Waals surface area contributed by atoms with Gasteiger partial charge in [0.15, 0.2) is 0 Å². The van der Waals surface area contributed by atoms with Crippen molar-refractivity contribution < 1.29 is 9.31 Å². The number of thiophene rings is 1. The summed E-state index contributed by atoms with van der Waals surface area (Å²) in [7, 11) is 0. The van der Waals surface area contributed by atoms with E-state index in [0.717, 1.165) is 11.6 Å². The molecule has 1 aromatic heterocycles. The molecule has 2 aromatic rings. The molecule has 106 valence electrons. The van der Waals surface area contributed by atoms with Crippen LogP contribution in [0.1, 0.15) is 28.3 Å². The molecule has 0 aliphatic heterocycles. The second-order valence-electron chi connectivity index (χ2n) is 4.65. The molecule has 0 aliphatic carbocycles. The van der Waals surface area contributed by atoms with E-state index in [-0.39, 0.29) is 11.7 Å². The van der Waals surface area contributed by atoms with Crippen molar-refractivity contribution in [1.82, 2.24) is 0 Å². The lowest BCUT2D eigenvalue weighted by molar-refractivity contribution is -0.384. The Labute approximate surface area is 120 Å². The second kappa shape index (κ2) is 5.58. The van der Waals surface area contributed by atoms with Gasteiger partial charge in [-0.25, -0.2) is 4.39 Å². The van der Waals surface area contributed by atoms with Crippen molar-refractivity contribution in [1.29, 1.82) is 0 Å². The van der Waals surface area contributed by atoms with Gasteiger partial charge in [-0.2, -0.15) is 0 Å². The van der Waals surface area contributed by atoms with E-state index in [4.69, 9.17) is 0 Å². The van der Waals surface area contributed by atoms with Crippen molar-refractivity contribution in [3.63, 3.8) is 0 Å². The molecule has 0 fully saturated rings. The largest absolute Gasteiger partial charge is 0.373 e. The van der Waals surface area contributed by atoms with Crippen molar-refractivity contribution in [2.24, 2.45) is 0 Å². The summed E-state index contributed by atoms with van der Waals surface area (Å²) in [6, 6.07) is 5.53. The van der Waals surface area contributed by atoms with E-state index in [1.807, 2.05) is 20.8 Å². The highest BCUT2D eigenvalue weighted by molar-refractivity contribution is 7.12. The van der Waals surface area contributed by atoms with E-state index in [1.165, 1.54) is 21.9 Å². The Morgan fingerprint density at radius 1 is 1.35 bits per heavy atom. The minimum Gasteiger partial charge on any atom is -0.373 e. The molecule has 1 atom stereocenters. The fraction of sp³-hybridized carbons (Fsp3) is 0.286. The fourth-order valence-electron chi connectivity index (χ4n) is 2.17. The topological polar surface area (TPSA) is 55.2 Å². The summed E-state index contributed by atoms with van der Waals surface area (Å²) in [4.78, 5) is 12.8. The lowest BCUT2D eigenvalue weighted by atomic mass is 10.1. The van der Waals surface area contributed by atoms with E-state index in [1.54, 1.807) is 11.3 Å². The van der Waals surface area contributed by atoms with E-state index < -0.39 is 10.7 Å². The maximum absolute atomic E-state index is 13.1. The third kappa shape index (κ3) is 2.96. The molecule has 0 spiro atoms. The normalized spacial score (nSPS) is 12.2. The molecule has 0 aliphatic rings. The van der Waals surface area contributed by atoms with Gasteiger partial charge in [-0.3, -0.25) is 10.1 Å². The van der Waals surface area contributed by atoms with E-state index in [0.29, 0.717) is 5.69 Å². The van der Waals surface area contributed by atoms with Gasteiger partial charge < -0.3 is 5.32 Å². The number of hydrogen-bond acceptors (Lipinski definition) is 4. The van der Waals surface area contributed by atoms with Crippen LogP contribution in [0.15, 0.2) is 24.3 Å². The SMILES string of the molecule is Cc1cc(C(C)Nc2ccc(F)cc2[N+](=O)[O-])c(C)s1. The monoisotopic (exact) mass is 294 g/mol. The van der Waals surface area contributed by atoms with Crippen LogP contribution in [0.4, 0.5) is 15.8 Å². The second-order valence-corrected chi connectivity index (χ2v) is 6.11. The van der Waals surface area contributed by atoms with Crippen LogP contribution < -0.4 is 5.32 Å². The van der Waals surface area contributed by atoms with Crippen molar-refractivity contribution in [2.45, 2.75) is 26.8 Å². The first kappa shape index (κ1) is 14.5. The van der Waals surface area contributed by atoms with E-state index >= 15 is 0 Å². The summed E-state index contributed by atoms with van der Waals surface area (Å²) in [5.41, 5.74) is 1.18. The van der Waals surface area contributed by atoms with Gasteiger partial charge in [0.2, 0.25) is 0 Å². The van der Waals surface area contributed by atoms with Crippen LogP contribution in [-0.2, 0) is 0 Å². The van der Waals surface area contributed by atoms with Crippen molar-refractivity contribution in [3.8, 4) is 0 Å². The van der Waals surface area contributed by atoms with E-state index in [2.05, 4.69) is 11.4 Å². The summed E-state index contributed by atoms with van der Waals surface area (Å²) >= 11 is 1.69. The van der Waals surface area contributed by atoms with Crippen LogP contribution in [0, 0.1) is 29.8 Å². The predicted octanol–water partition coefficient (Wildman–Crippen LogP) is 4.59.